The summed E-state index contributed by atoms with van der Waals surface area (Å²) in [5.41, 5.74) is 3.13. The zero-order valence-corrected chi connectivity index (χ0v) is 17.0. The molecule has 0 bridgehead atoms. The number of carbonyl (C=O) groups excluding carboxylic acids is 2. The SMILES string of the molecule is COc1cc(/C=N\NC(=O)CNC(=O)c2cc(OC)c(OC)c(OC)c2)ccc1O. The van der Waals surface area contributed by atoms with Crippen molar-refractivity contribution in [2.45, 2.75) is 0 Å². The largest absolute Gasteiger partial charge is 0.504 e. The van der Waals surface area contributed by atoms with E-state index in [9.17, 15) is 14.7 Å². The molecule has 0 radical (unpaired) electrons. The minimum absolute atomic E-state index is 0.00630. The highest BCUT2D eigenvalue weighted by atomic mass is 16.5. The van der Waals surface area contributed by atoms with Crippen LogP contribution in [0.15, 0.2) is 35.4 Å². The molecule has 0 aromatic heterocycles. The Morgan fingerprint density at radius 1 is 0.967 bits per heavy atom. The zero-order chi connectivity index (χ0) is 22.1. The second kappa shape index (κ2) is 10.6. The molecule has 0 heterocycles. The minimum Gasteiger partial charge on any atom is -0.504 e. The topological polar surface area (TPSA) is 128 Å². The summed E-state index contributed by atoms with van der Waals surface area (Å²) in [6, 6.07) is 7.55. The molecule has 160 valence electrons. The molecule has 2 rings (SSSR count). The maximum atomic E-state index is 12.4. The summed E-state index contributed by atoms with van der Waals surface area (Å²) in [6.07, 6.45) is 1.38. The van der Waals surface area contributed by atoms with Gasteiger partial charge in [0, 0.05) is 5.56 Å². The van der Waals surface area contributed by atoms with Crippen molar-refractivity contribution >= 4 is 18.0 Å². The van der Waals surface area contributed by atoms with E-state index in [1.807, 2.05) is 0 Å². The molecule has 0 fully saturated rings. The highest BCUT2D eigenvalue weighted by Gasteiger charge is 2.17. The third kappa shape index (κ3) is 5.53. The second-order valence-corrected chi connectivity index (χ2v) is 5.82. The van der Waals surface area contributed by atoms with Crippen LogP contribution in [0, 0.1) is 0 Å². The van der Waals surface area contributed by atoms with E-state index in [4.69, 9.17) is 18.9 Å². The first kappa shape index (κ1) is 22.3. The van der Waals surface area contributed by atoms with Gasteiger partial charge >= 0.3 is 0 Å². The number of methoxy groups -OCH3 is 4. The van der Waals surface area contributed by atoms with Gasteiger partial charge < -0.3 is 29.4 Å². The lowest BCUT2D eigenvalue weighted by Gasteiger charge is -2.14. The van der Waals surface area contributed by atoms with E-state index in [2.05, 4.69) is 15.8 Å². The molecule has 2 aromatic rings. The van der Waals surface area contributed by atoms with E-state index in [1.54, 1.807) is 12.1 Å². The molecule has 2 amide bonds. The van der Waals surface area contributed by atoms with Crippen LogP contribution in [0.2, 0.25) is 0 Å². The van der Waals surface area contributed by atoms with Crippen molar-refractivity contribution in [3.8, 4) is 28.7 Å². The number of rotatable bonds is 9. The van der Waals surface area contributed by atoms with Gasteiger partial charge in [0.25, 0.3) is 11.8 Å². The summed E-state index contributed by atoms with van der Waals surface area (Å²) in [6.45, 7) is -0.300. The summed E-state index contributed by atoms with van der Waals surface area (Å²) >= 11 is 0. The number of phenols is 1. The molecule has 2 aromatic carbocycles. The third-order valence-electron chi connectivity index (χ3n) is 3.94. The molecule has 10 nitrogen and oxygen atoms in total. The minimum atomic E-state index is -0.530. The number of phenolic OH excluding ortho intramolecular Hbond substituents is 1. The van der Waals surface area contributed by atoms with Gasteiger partial charge in [-0.25, -0.2) is 5.43 Å². The molecule has 10 heteroatoms. The summed E-state index contributed by atoms with van der Waals surface area (Å²) in [4.78, 5) is 24.3. The molecule has 0 aliphatic rings. The number of amides is 2. The zero-order valence-electron chi connectivity index (χ0n) is 17.0. The molecular weight excluding hydrogens is 394 g/mol. The Bertz CT molecular complexity index is 919. The van der Waals surface area contributed by atoms with Crippen molar-refractivity contribution in [1.82, 2.24) is 10.7 Å². The van der Waals surface area contributed by atoms with Gasteiger partial charge in [-0.1, -0.05) is 0 Å². The molecular formula is C20H23N3O7. The van der Waals surface area contributed by atoms with Crippen molar-refractivity contribution < 1.29 is 33.6 Å². The molecule has 30 heavy (non-hydrogen) atoms. The number of carbonyl (C=O) groups is 2. The monoisotopic (exact) mass is 417 g/mol. The van der Waals surface area contributed by atoms with Crippen LogP contribution in [0.25, 0.3) is 0 Å². The summed E-state index contributed by atoms with van der Waals surface area (Å²) in [5, 5.41) is 15.8. The Kier molecular flexibility index (Phi) is 7.86. The van der Waals surface area contributed by atoms with E-state index >= 15 is 0 Å². The van der Waals surface area contributed by atoms with Crippen LogP contribution >= 0.6 is 0 Å². The number of nitrogens with zero attached hydrogens (tertiary/aromatic N) is 1. The number of ether oxygens (including phenoxy) is 4. The van der Waals surface area contributed by atoms with Gasteiger partial charge in [0.05, 0.1) is 41.2 Å². The first-order valence-electron chi connectivity index (χ1n) is 8.70. The van der Waals surface area contributed by atoms with Crippen LogP contribution in [0.4, 0.5) is 0 Å². The van der Waals surface area contributed by atoms with E-state index in [0.29, 0.717) is 22.8 Å². The highest BCUT2D eigenvalue weighted by Crippen LogP contribution is 2.38. The fourth-order valence-electron chi connectivity index (χ4n) is 2.47. The van der Waals surface area contributed by atoms with Gasteiger partial charge in [0.15, 0.2) is 23.0 Å². The summed E-state index contributed by atoms with van der Waals surface area (Å²) in [7, 11) is 5.76. The Labute approximate surface area is 173 Å². The maximum absolute atomic E-state index is 12.4. The predicted octanol–water partition coefficient (Wildman–Crippen LogP) is 1.31. The normalized spacial score (nSPS) is 10.4. The molecule has 0 spiro atoms. The fraction of sp³-hybridized carbons (Fsp3) is 0.250. The third-order valence-corrected chi connectivity index (χ3v) is 3.94. The lowest BCUT2D eigenvalue weighted by atomic mass is 10.1. The van der Waals surface area contributed by atoms with Crippen LogP contribution in [-0.4, -0.2) is 58.1 Å². The lowest BCUT2D eigenvalue weighted by molar-refractivity contribution is -0.120. The summed E-state index contributed by atoms with van der Waals surface area (Å²) < 4.78 is 20.6. The van der Waals surface area contributed by atoms with E-state index < -0.39 is 11.8 Å². The van der Waals surface area contributed by atoms with E-state index in [0.717, 1.165) is 0 Å². The molecule has 0 unspecified atom stereocenters. The number of hydrazone groups is 1. The van der Waals surface area contributed by atoms with Crippen LogP contribution < -0.4 is 29.7 Å². The van der Waals surface area contributed by atoms with Gasteiger partial charge in [-0.2, -0.15) is 5.10 Å². The predicted molar refractivity (Wildman–Crippen MR) is 109 cm³/mol. The standard InChI is InChI=1S/C20H23N3O7/c1-27-15-7-12(5-6-14(15)24)10-22-23-18(25)11-21-20(26)13-8-16(28-2)19(30-4)17(9-13)29-3/h5-10,24H,11H2,1-4H3,(H,21,26)(H,23,25)/b22-10-. The summed E-state index contributed by atoms with van der Waals surface area (Å²) in [5.74, 6) is 0.237. The fourth-order valence-corrected chi connectivity index (χ4v) is 2.47. The van der Waals surface area contributed by atoms with E-state index in [1.165, 1.54) is 52.9 Å². The van der Waals surface area contributed by atoms with Crippen LogP contribution in [0.3, 0.4) is 0 Å². The number of nitrogens with one attached hydrogen (secondary N) is 2. The second-order valence-electron chi connectivity index (χ2n) is 5.82. The molecule has 0 aliphatic heterocycles. The van der Waals surface area contributed by atoms with Gasteiger partial charge in [-0.3, -0.25) is 9.59 Å². The molecule has 0 saturated heterocycles. The van der Waals surface area contributed by atoms with Crippen molar-refractivity contribution in [3.05, 3.63) is 41.5 Å². The first-order valence-corrected chi connectivity index (χ1v) is 8.70. The van der Waals surface area contributed by atoms with E-state index in [-0.39, 0.29) is 23.6 Å². The Morgan fingerprint density at radius 3 is 2.17 bits per heavy atom. The lowest BCUT2D eigenvalue weighted by Crippen LogP contribution is -2.34. The first-order chi connectivity index (χ1) is 14.4. The number of benzene rings is 2. The van der Waals surface area contributed by atoms with Crippen LogP contribution in [0.1, 0.15) is 15.9 Å². The Balaban J connectivity index is 1.95. The molecule has 0 saturated carbocycles. The van der Waals surface area contributed by atoms with Gasteiger partial charge in [0.1, 0.15) is 0 Å². The van der Waals surface area contributed by atoms with Crippen molar-refractivity contribution in [3.63, 3.8) is 0 Å². The Morgan fingerprint density at radius 2 is 1.60 bits per heavy atom. The average molecular weight is 417 g/mol. The van der Waals surface area contributed by atoms with Gasteiger partial charge in [0.2, 0.25) is 5.75 Å². The number of hydrogen-bond acceptors (Lipinski definition) is 8. The maximum Gasteiger partial charge on any atom is 0.259 e. The van der Waals surface area contributed by atoms with Crippen LogP contribution in [-0.2, 0) is 4.79 Å². The van der Waals surface area contributed by atoms with Crippen molar-refractivity contribution in [1.29, 1.82) is 0 Å². The van der Waals surface area contributed by atoms with Crippen LogP contribution in [0.5, 0.6) is 28.7 Å². The van der Waals surface area contributed by atoms with Crippen molar-refractivity contribution in [2.75, 3.05) is 35.0 Å². The van der Waals surface area contributed by atoms with Gasteiger partial charge in [-0.15, -0.1) is 0 Å². The molecule has 3 N–H and O–H groups in total. The molecule has 0 atom stereocenters. The quantitative estimate of drug-likeness (QED) is 0.415. The average Bonchev–Trinajstić information content (AvgIpc) is 2.77. The Hall–Kier alpha value is -3.95. The van der Waals surface area contributed by atoms with Crippen molar-refractivity contribution in [2.24, 2.45) is 5.10 Å². The van der Waals surface area contributed by atoms with Gasteiger partial charge in [-0.05, 0) is 35.9 Å². The number of aromatic hydroxyl groups is 1. The molecule has 0 aliphatic carbocycles. The smallest absolute Gasteiger partial charge is 0.259 e. The highest BCUT2D eigenvalue weighted by molar-refractivity contribution is 5.97. The number of hydrogen-bond donors (Lipinski definition) is 3.